The number of carbonyl (C=O) groups is 1. The zero-order valence-electron chi connectivity index (χ0n) is 16.5. The second kappa shape index (κ2) is 11.1. The van der Waals surface area contributed by atoms with E-state index in [1.807, 2.05) is 29.2 Å². The van der Waals surface area contributed by atoms with Crippen LogP contribution in [0.25, 0.3) is 0 Å². The minimum atomic E-state index is 0. The molecule has 3 rings (SSSR count). The van der Waals surface area contributed by atoms with Crippen LogP contribution in [0.15, 0.2) is 48.5 Å². The number of rotatable bonds is 7. The average molecular weight is 405 g/mol. The van der Waals surface area contributed by atoms with Crippen molar-refractivity contribution in [1.29, 1.82) is 0 Å². The molecule has 1 atom stereocenters. The Morgan fingerprint density at radius 2 is 1.96 bits per heavy atom. The Balaban J connectivity index is 0.00000280. The van der Waals surface area contributed by atoms with Crippen molar-refractivity contribution in [3.63, 3.8) is 0 Å². The van der Waals surface area contributed by atoms with Crippen molar-refractivity contribution in [3.05, 3.63) is 65.2 Å². The van der Waals surface area contributed by atoms with E-state index in [1.54, 1.807) is 7.11 Å². The first kappa shape index (κ1) is 22.2. The predicted octanol–water partition coefficient (Wildman–Crippen LogP) is 3.48. The van der Waals surface area contributed by atoms with Gasteiger partial charge in [0.05, 0.1) is 12.6 Å². The molecule has 0 aliphatic carbocycles. The Morgan fingerprint density at radius 3 is 2.68 bits per heavy atom. The van der Waals surface area contributed by atoms with Crippen LogP contribution < -0.4 is 10.1 Å². The van der Waals surface area contributed by atoms with Gasteiger partial charge >= 0.3 is 0 Å². The standard InChI is InChI=1S/C22H28N2O3.ClH/c1-3-17-7-9-18(10-8-17)21-16-23-11-12-24(21)22(25)19-5-4-6-20(15-19)27-14-13-26-2;/h4-10,15,21,23H,3,11-14,16H2,1-2H3;1H. The molecule has 0 saturated carbocycles. The number of nitrogens with one attached hydrogen (secondary N) is 1. The SMILES string of the molecule is CCc1ccc(C2CNCCN2C(=O)c2cccc(OCCOC)c2)cc1.Cl. The first-order valence-electron chi connectivity index (χ1n) is 9.55. The highest BCUT2D eigenvalue weighted by Gasteiger charge is 2.28. The van der Waals surface area contributed by atoms with Gasteiger partial charge in [-0.3, -0.25) is 4.79 Å². The number of carbonyl (C=O) groups excluding carboxylic acids is 1. The summed E-state index contributed by atoms with van der Waals surface area (Å²) in [6, 6.07) is 16.0. The molecule has 1 aliphatic heterocycles. The molecule has 0 radical (unpaired) electrons. The highest BCUT2D eigenvalue weighted by atomic mass is 35.5. The van der Waals surface area contributed by atoms with Crippen LogP contribution in [0.3, 0.4) is 0 Å². The molecule has 2 aromatic carbocycles. The molecule has 1 saturated heterocycles. The molecule has 152 valence electrons. The van der Waals surface area contributed by atoms with Crippen LogP contribution in [-0.4, -0.2) is 50.8 Å². The van der Waals surface area contributed by atoms with Gasteiger partial charge in [0.25, 0.3) is 5.91 Å². The van der Waals surface area contributed by atoms with Gasteiger partial charge in [-0.2, -0.15) is 0 Å². The summed E-state index contributed by atoms with van der Waals surface area (Å²) in [5.41, 5.74) is 3.13. The summed E-state index contributed by atoms with van der Waals surface area (Å²) in [5.74, 6) is 0.732. The molecule has 0 bridgehead atoms. The normalized spacial score (nSPS) is 16.4. The second-order valence-electron chi connectivity index (χ2n) is 6.68. The van der Waals surface area contributed by atoms with Gasteiger partial charge in [-0.1, -0.05) is 37.3 Å². The van der Waals surface area contributed by atoms with Crippen LogP contribution in [0.1, 0.15) is 34.5 Å². The van der Waals surface area contributed by atoms with Crippen molar-refractivity contribution in [2.24, 2.45) is 0 Å². The number of methoxy groups -OCH3 is 1. The van der Waals surface area contributed by atoms with Crippen LogP contribution in [0.5, 0.6) is 5.75 Å². The number of benzene rings is 2. The predicted molar refractivity (Wildman–Crippen MR) is 114 cm³/mol. The van der Waals surface area contributed by atoms with E-state index in [1.165, 1.54) is 11.1 Å². The molecule has 1 fully saturated rings. The maximum Gasteiger partial charge on any atom is 0.254 e. The van der Waals surface area contributed by atoms with Crippen molar-refractivity contribution in [2.45, 2.75) is 19.4 Å². The molecule has 0 aromatic heterocycles. The smallest absolute Gasteiger partial charge is 0.254 e. The highest BCUT2D eigenvalue weighted by molar-refractivity contribution is 5.95. The monoisotopic (exact) mass is 404 g/mol. The van der Waals surface area contributed by atoms with Gasteiger partial charge < -0.3 is 19.7 Å². The average Bonchev–Trinajstić information content (AvgIpc) is 2.74. The summed E-state index contributed by atoms with van der Waals surface area (Å²) in [5, 5.41) is 3.41. The first-order valence-corrected chi connectivity index (χ1v) is 9.55. The summed E-state index contributed by atoms with van der Waals surface area (Å²) in [7, 11) is 1.64. The van der Waals surface area contributed by atoms with Crippen molar-refractivity contribution in [2.75, 3.05) is 40.0 Å². The number of ether oxygens (including phenoxy) is 2. The summed E-state index contributed by atoms with van der Waals surface area (Å²) in [6.07, 6.45) is 1.02. The fourth-order valence-electron chi connectivity index (χ4n) is 3.35. The maximum atomic E-state index is 13.2. The number of piperazine rings is 1. The second-order valence-corrected chi connectivity index (χ2v) is 6.68. The van der Waals surface area contributed by atoms with Gasteiger partial charge in [0, 0.05) is 32.3 Å². The minimum absolute atomic E-state index is 0. The Bertz CT molecular complexity index is 752. The molecule has 5 nitrogen and oxygen atoms in total. The largest absolute Gasteiger partial charge is 0.491 e. The van der Waals surface area contributed by atoms with Crippen LogP contribution in [0, 0.1) is 0 Å². The van der Waals surface area contributed by atoms with Crippen LogP contribution in [0.2, 0.25) is 0 Å². The maximum absolute atomic E-state index is 13.2. The Morgan fingerprint density at radius 1 is 1.18 bits per heavy atom. The van der Waals surface area contributed by atoms with E-state index in [4.69, 9.17) is 9.47 Å². The van der Waals surface area contributed by atoms with Gasteiger partial charge in [-0.25, -0.2) is 0 Å². The number of nitrogens with zero attached hydrogens (tertiary/aromatic N) is 1. The lowest BCUT2D eigenvalue weighted by molar-refractivity contribution is 0.0633. The quantitative estimate of drug-likeness (QED) is 0.718. The van der Waals surface area contributed by atoms with E-state index in [0.717, 1.165) is 19.5 Å². The molecular weight excluding hydrogens is 376 g/mol. The van der Waals surface area contributed by atoms with Crippen LogP contribution in [0.4, 0.5) is 0 Å². The Labute approximate surface area is 173 Å². The van der Waals surface area contributed by atoms with Crippen molar-refractivity contribution >= 4 is 18.3 Å². The third-order valence-electron chi connectivity index (χ3n) is 4.91. The van der Waals surface area contributed by atoms with Crippen LogP contribution in [-0.2, 0) is 11.2 Å². The zero-order chi connectivity index (χ0) is 19.1. The molecule has 1 unspecified atom stereocenters. The van der Waals surface area contributed by atoms with E-state index < -0.39 is 0 Å². The third-order valence-corrected chi connectivity index (χ3v) is 4.91. The molecule has 1 aliphatic rings. The number of halogens is 1. The topological polar surface area (TPSA) is 50.8 Å². The summed E-state index contributed by atoms with van der Waals surface area (Å²) in [6.45, 7) is 5.39. The lowest BCUT2D eigenvalue weighted by Crippen LogP contribution is -2.48. The van der Waals surface area contributed by atoms with E-state index in [0.29, 0.717) is 31.1 Å². The van der Waals surface area contributed by atoms with Crippen molar-refractivity contribution < 1.29 is 14.3 Å². The molecule has 28 heavy (non-hydrogen) atoms. The number of amides is 1. The van der Waals surface area contributed by atoms with Crippen LogP contribution >= 0.6 is 12.4 Å². The van der Waals surface area contributed by atoms with Gasteiger partial charge in [0.15, 0.2) is 0 Å². The zero-order valence-corrected chi connectivity index (χ0v) is 17.3. The lowest BCUT2D eigenvalue weighted by atomic mass is 10.00. The Hall–Kier alpha value is -2.08. The summed E-state index contributed by atoms with van der Waals surface area (Å²) in [4.78, 5) is 15.2. The van der Waals surface area contributed by atoms with Gasteiger partial charge in [-0.05, 0) is 35.7 Å². The molecule has 1 N–H and O–H groups in total. The fraction of sp³-hybridized carbons (Fsp3) is 0.409. The Kier molecular flexibility index (Phi) is 8.77. The molecule has 1 heterocycles. The minimum Gasteiger partial charge on any atom is -0.491 e. The van der Waals surface area contributed by atoms with E-state index in [9.17, 15) is 4.79 Å². The van der Waals surface area contributed by atoms with E-state index in [2.05, 4.69) is 36.5 Å². The molecule has 2 aromatic rings. The number of hydrogen-bond donors (Lipinski definition) is 1. The van der Waals surface area contributed by atoms with Crippen molar-refractivity contribution in [1.82, 2.24) is 10.2 Å². The third kappa shape index (κ3) is 5.47. The first-order chi connectivity index (χ1) is 13.2. The summed E-state index contributed by atoms with van der Waals surface area (Å²) >= 11 is 0. The molecule has 1 amide bonds. The number of aryl methyl sites for hydroxylation is 1. The molecule has 0 spiro atoms. The van der Waals surface area contributed by atoms with Gasteiger partial charge in [-0.15, -0.1) is 12.4 Å². The lowest BCUT2D eigenvalue weighted by Gasteiger charge is -2.36. The van der Waals surface area contributed by atoms with E-state index >= 15 is 0 Å². The fourth-order valence-corrected chi connectivity index (χ4v) is 3.35. The molecule has 6 heteroatoms. The molecular formula is C22H29ClN2O3. The van der Waals surface area contributed by atoms with Crippen molar-refractivity contribution in [3.8, 4) is 5.75 Å². The van der Waals surface area contributed by atoms with Gasteiger partial charge in [0.2, 0.25) is 0 Å². The van der Waals surface area contributed by atoms with Gasteiger partial charge in [0.1, 0.15) is 12.4 Å². The highest BCUT2D eigenvalue weighted by Crippen LogP contribution is 2.26. The summed E-state index contributed by atoms with van der Waals surface area (Å²) < 4.78 is 10.7. The van der Waals surface area contributed by atoms with E-state index in [-0.39, 0.29) is 24.4 Å². The number of hydrogen-bond acceptors (Lipinski definition) is 4.